The lowest BCUT2D eigenvalue weighted by Gasteiger charge is -2.15. The highest BCUT2D eigenvalue weighted by Crippen LogP contribution is 2.18. The molecule has 9 heteroatoms. The summed E-state index contributed by atoms with van der Waals surface area (Å²) >= 11 is 4.17. The number of rotatable bonds is 7. The van der Waals surface area contributed by atoms with E-state index >= 15 is 0 Å². The minimum absolute atomic E-state index is 0.0131. The van der Waals surface area contributed by atoms with Gasteiger partial charge in [-0.15, -0.1) is 12.6 Å². The van der Waals surface area contributed by atoms with E-state index in [2.05, 4.69) is 23.2 Å². The molecular formula is C14H19N5O3S. The first-order valence-electron chi connectivity index (χ1n) is 6.75. The molecule has 2 amide bonds. The summed E-state index contributed by atoms with van der Waals surface area (Å²) in [6, 6.07) is 6.68. The van der Waals surface area contributed by atoms with E-state index in [0.29, 0.717) is 12.4 Å². The molecule has 0 aliphatic rings. The smallest absolute Gasteiger partial charge is 0.341 e. The summed E-state index contributed by atoms with van der Waals surface area (Å²) in [7, 11) is 0. The van der Waals surface area contributed by atoms with Crippen LogP contribution in [-0.2, 0) is 4.74 Å². The van der Waals surface area contributed by atoms with Gasteiger partial charge in [-0.25, -0.2) is 10.2 Å². The van der Waals surface area contributed by atoms with Crippen LogP contribution in [0.15, 0.2) is 40.1 Å². The van der Waals surface area contributed by atoms with Crippen LogP contribution in [0.25, 0.3) is 0 Å². The van der Waals surface area contributed by atoms with E-state index in [1.165, 1.54) is 0 Å². The predicted octanol–water partition coefficient (Wildman–Crippen LogP) is 2.77. The van der Waals surface area contributed by atoms with Crippen LogP contribution in [0.4, 0.5) is 4.79 Å². The summed E-state index contributed by atoms with van der Waals surface area (Å²) in [5.74, 6) is 0.496. The number of carbonyl (C=O) groups is 1. The first-order valence-corrected chi connectivity index (χ1v) is 7.20. The largest absolute Gasteiger partial charge is 0.488 e. The normalized spacial score (nSPS) is 11.1. The average molecular weight is 337 g/mol. The number of nitrogens with zero attached hydrogens (tertiary/aromatic N) is 1. The number of carbonyl (C=O) groups excluding carboxylic acids is 1. The van der Waals surface area contributed by atoms with Crippen molar-refractivity contribution in [3.8, 4) is 5.75 Å². The molecule has 1 aromatic rings. The second-order valence-corrected chi connectivity index (χ2v) is 4.77. The van der Waals surface area contributed by atoms with Gasteiger partial charge in [0, 0.05) is 0 Å². The predicted molar refractivity (Wildman–Crippen MR) is 88.9 cm³/mol. The fourth-order valence-electron chi connectivity index (χ4n) is 1.60. The molecule has 1 aromatic carbocycles. The molecule has 124 valence electrons. The molecule has 0 fully saturated rings. The molecule has 0 aliphatic heterocycles. The molecule has 0 aromatic heterocycles. The van der Waals surface area contributed by atoms with Crippen molar-refractivity contribution in [2.75, 3.05) is 13.2 Å². The lowest BCUT2D eigenvalue weighted by Crippen LogP contribution is -2.32. The summed E-state index contributed by atoms with van der Waals surface area (Å²) < 4.78 is 10.8. The van der Waals surface area contributed by atoms with Crippen molar-refractivity contribution in [3.63, 3.8) is 0 Å². The van der Waals surface area contributed by atoms with Crippen LogP contribution in [0.3, 0.4) is 0 Å². The number of ether oxygens (including phenoxy) is 2. The number of hydrogen-bond donors (Lipinski definition) is 5. The Morgan fingerprint density at radius 2 is 2.09 bits per heavy atom. The van der Waals surface area contributed by atoms with E-state index in [1.807, 2.05) is 30.5 Å². The summed E-state index contributed by atoms with van der Waals surface area (Å²) in [5, 5.41) is 13.1. The van der Waals surface area contributed by atoms with Crippen molar-refractivity contribution in [2.45, 2.75) is 13.8 Å². The number of urea groups is 1. The maximum Gasteiger partial charge on any atom is 0.341 e. The van der Waals surface area contributed by atoms with Crippen molar-refractivity contribution in [2.24, 2.45) is 5.22 Å². The van der Waals surface area contributed by atoms with E-state index in [4.69, 9.17) is 20.4 Å². The molecule has 8 nitrogen and oxygen atoms in total. The standard InChI is InChI=1S/C14H19N5O3S/c1-3-21-12(15)10(13(23)17-14(20)18-19-16)8-22-11-7-5-4-6-9(11)2/h4-7,15,23H,3,8H2,1-2H3,(H3,16,17,18,20)/b13-10-,15-12?. The number of nitrogens with one attached hydrogen (secondary N) is 4. The highest BCUT2D eigenvalue weighted by atomic mass is 32.1. The van der Waals surface area contributed by atoms with Crippen molar-refractivity contribution in [1.82, 2.24) is 10.7 Å². The van der Waals surface area contributed by atoms with Gasteiger partial charge >= 0.3 is 6.03 Å². The first-order chi connectivity index (χ1) is 11.0. The maximum atomic E-state index is 11.4. The number of benzene rings is 1. The average Bonchev–Trinajstić information content (AvgIpc) is 2.49. The van der Waals surface area contributed by atoms with E-state index in [0.717, 1.165) is 5.56 Å². The molecule has 1 rings (SSSR count). The van der Waals surface area contributed by atoms with Gasteiger partial charge in [-0.2, -0.15) is 5.53 Å². The zero-order chi connectivity index (χ0) is 17.2. The Morgan fingerprint density at radius 1 is 1.39 bits per heavy atom. The van der Waals surface area contributed by atoms with Gasteiger partial charge in [-0.05, 0) is 25.5 Å². The van der Waals surface area contributed by atoms with Crippen LogP contribution in [0.5, 0.6) is 5.75 Å². The number of para-hydroxylation sites is 1. The Balaban J connectivity index is 2.91. The zero-order valence-electron chi connectivity index (χ0n) is 12.8. The van der Waals surface area contributed by atoms with Crippen LogP contribution >= 0.6 is 12.6 Å². The fraction of sp³-hybridized carbons (Fsp3) is 0.286. The Kier molecular flexibility index (Phi) is 7.61. The topological polar surface area (TPSA) is 120 Å². The molecule has 0 unspecified atom stereocenters. The molecule has 0 heterocycles. The molecule has 0 saturated carbocycles. The summed E-state index contributed by atoms with van der Waals surface area (Å²) in [5.41, 5.74) is 9.67. The minimum atomic E-state index is -0.748. The third kappa shape index (κ3) is 5.99. The van der Waals surface area contributed by atoms with E-state index in [9.17, 15) is 4.79 Å². The van der Waals surface area contributed by atoms with Gasteiger partial charge in [-0.3, -0.25) is 5.41 Å². The minimum Gasteiger partial charge on any atom is -0.488 e. The molecule has 4 N–H and O–H groups in total. The number of thiol groups is 1. The molecule has 0 radical (unpaired) electrons. The van der Waals surface area contributed by atoms with Crippen LogP contribution in [-0.4, -0.2) is 25.1 Å². The Bertz CT molecular complexity index is 618. The summed E-state index contributed by atoms with van der Waals surface area (Å²) in [6.07, 6.45) is 0. The van der Waals surface area contributed by atoms with Crippen LogP contribution in [0.1, 0.15) is 12.5 Å². The van der Waals surface area contributed by atoms with Crippen molar-refractivity contribution in [3.05, 3.63) is 40.4 Å². The van der Waals surface area contributed by atoms with Crippen LogP contribution < -0.4 is 15.5 Å². The van der Waals surface area contributed by atoms with Crippen molar-refractivity contribution < 1.29 is 14.3 Å². The number of aryl methyl sites for hydroxylation is 1. The molecule has 0 spiro atoms. The summed E-state index contributed by atoms with van der Waals surface area (Å²) in [6.45, 7) is 3.92. The SMILES string of the molecule is CCOC(=N)/C(COc1ccccc1C)=C(\S)NC(=O)NN=N. The Labute approximate surface area is 139 Å². The Morgan fingerprint density at radius 3 is 2.70 bits per heavy atom. The molecule has 0 bridgehead atoms. The van der Waals surface area contributed by atoms with Gasteiger partial charge in [0.15, 0.2) is 0 Å². The third-order valence-electron chi connectivity index (χ3n) is 2.70. The number of amides is 2. The lowest BCUT2D eigenvalue weighted by molar-refractivity contribution is 0.243. The quantitative estimate of drug-likeness (QED) is 0.173. The van der Waals surface area contributed by atoms with Crippen LogP contribution in [0, 0.1) is 17.9 Å². The summed E-state index contributed by atoms with van der Waals surface area (Å²) in [4.78, 5) is 11.4. The van der Waals surface area contributed by atoms with Gasteiger partial charge in [0.25, 0.3) is 0 Å². The van der Waals surface area contributed by atoms with Gasteiger partial charge in [0.05, 0.1) is 17.2 Å². The Hall–Kier alpha value is -2.55. The van der Waals surface area contributed by atoms with Crippen molar-refractivity contribution in [1.29, 1.82) is 10.9 Å². The lowest BCUT2D eigenvalue weighted by atomic mass is 10.2. The molecule has 0 aliphatic carbocycles. The highest BCUT2D eigenvalue weighted by Gasteiger charge is 2.15. The molecular weight excluding hydrogens is 318 g/mol. The van der Waals surface area contributed by atoms with E-state index in [1.54, 1.807) is 13.0 Å². The van der Waals surface area contributed by atoms with Gasteiger partial charge < -0.3 is 14.8 Å². The maximum absolute atomic E-state index is 11.4. The van der Waals surface area contributed by atoms with Gasteiger partial charge in [0.2, 0.25) is 5.90 Å². The molecule has 23 heavy (non-hydrogen) atoms. The highest BCUT2D eigenvalue weighted by molar-refractivity contribution is 7.84. The second kappa shape index (κ2) is 9.46. The van der Waals surface area contributed by atoms with Crippen molar-refractivity contribution >= 4 is 24.6 Å². The van der Waals surface area contributed by atoms with E-state index in [-0.39, 0.29) is 23.1 Å². The van der Waals surface area contributed by atoms with Crippen LogP contribution in [0.2, 0.25) is 0 Å². The number of hydrogen-bond acceptors (Lipinski definition) is 7. The van der Waals surface area contributed by atoms with Gasteiger partial charge in [-0.1, -0.05) is 23.4 Å². The molecule has 0 saturated heterocycles. The third-order valence-corrected chi connectivity index (χ3v) is 3.09. The second-order valence-electron chi connectivity index (χ2n) is 4.32. The zero-order valence-corrected chi connectivity index (χ0v) is 13.7. The van der Waals surface area contributed by atoms with Gasteiger partial charge in [0.1, 0.15) is 12.4 Å². The monoisotopic (exact) mass is 337 g/mol. The van der Waals surface area contributed by atoms with E-state index < -0.39 is 6.03 Å². The fourth-order valence-corrected chi connectivity index (χ4v) is 1.87. The molecule has 0 atom stereocenters. The first kappa shape index (κ1) is 18.5.